The van der Waals surface area contributed by atoms with Gasteiger partial charge in [0.2, 0.25) is 0 Å². The quantitative estimate of drug-likeness (QED) is 0.846. The molecule has 0 aromatic carbocycles. The Morgan fingerprint density at radius 2 is 2.20 bits per heavy atom. The zero-order valence-corrected chi connectivity index (χ0v) is 14.5. The zero-order valence-electron chi connectivity index (χ0n) is 13.7. The number of carbonyl (C=O) groups is 1. The lowest BCUT2D eigenvalue weighted by Gasteiger charge is -2.26. The van der Waals surface area contributed by atoms with Crippen molar-refractivity contribution >= 4 is 15.7 Å². The average molecular weight is 362 g/mol. The summed E-state index contributed by atoms with van der Waals surface area (Å²) in [6.45, 7) is 2.08. The Morgan fingerprint density at radius 3 is 2.76 bits per heavy atom. The van der Waals surface area contributed by atoms with Crippen LogP contribution in [0.15, 0.2) is 35.5 Å². The maximum atomic E-state index is 12.7. The third-order valence-electron chi connectivity index (χ3n) is 4.22. The van der Waals surface area contributed by atoms with Gasteiger partial charge >= 0.3 is 0 Å². The Hall–Kier alpha value is -2.55. The van der Waals surface area contributed by atoms with Crippen LogP contribution in [0.2, 0.25) is 0 Å². The smallest absolute Gasteiger partial charge is 0.264 e. The van der Waals surface area contributed by atoms with Crippen LogP contribution >= 0.6 is 0 Å². The first-order valence-electron chi connectivity index (χ1n) is 7.92. The first-order valence-corrected chi connectivity index (χ1v) is 9.74. The van der Waals surface area contributed by atoms with E-state index >= 15 is 0 Å². The molecule has 25 heavy (non-hydrogen) atoms. The highest BCUT2D eigenvalue weighted by Gasteiger charge is 2.35. The second-order valence-corrected chi connectivity index (χ2v) is 8.09. The molecule has 0 radical (unpaired) electrons. The van der Waals surface area contributed by atoms with E-state index in [2.05, 4.69) is 15.0 Å². The highest BCUT2D eigenvalue weighted by molar-refractivity contribution is 7.91. The number of pyridine rings is 1. The summed E-state index contributed by atoms with van der Waals surface area (Å²) in [7, 11) is -3.12. The SMILES string of the molecule is CCN(C(=O)c1cnc(-c2cccnc2)[nH]c1=O)[C@@H]1CCS(=O)(=O)C1. The van der Waals surface area contributed by atoms with Gasteiger partial charge in [-0.1, -0.05) is 0 Å². The number of nitrogens with one attached hydrogen (secondary N) is 1. The standard InChI is InChI=1S/C16H18N4O4S/c1-2-20(12-5-7-25(23,24)10-12)16(22)13-9-18-14(19-15(13)21)11-4-3-6-17-8-11/h3-4,6,8-9,12H,2,5,7,10H2,1H3,(H,18,19,21)/t12-/m1/s1. The van der Waals surface area contributed by atoms with Crippen LogP contribution in [0, 0.1) is 0 Å². The number of H-pyrrole nitrogens is 1. The molecule has 0 aliphatic carbocycles. The molecule has 0 bridgehead atoms. The van der Waals surface area contributed by atoms with Crippen molar-refractivity contribution < 1.29 is 13.2 Å². The van der Waals surface area contributed by atoms with Gasteiger partial charge in [-0.2, -0.15) is 0 Å². The maximum absolute atomic E-state index is 12.7. The van der Waals surface area contributed by atoms with Gasteiger partial charge in [-0.3, -0.25) is 14.6 Å². The molecule has 0 spiro atoms. The minimum Gasteiger partial charge on any atom is -0.335 e. The number of hydrogen-bond donors (Lipinski definition) is 1. The lowest BCUT2D eigenvalue weighted by atomic mass is 10.2. The van der Waals surface area contributed by atoms with E-state index < -0.39 is 27.3 Å². The zero-order chi connectivity index (χ0) is 18.0. The van der Waals surface area contributed by atoms with Gasteiger partial charge in [-0.25, -0.2) is 13.4 Å². The van der Waals surface area contributed by atoms with Gasteiger partial charge in [0.1, 0.15) is 11.4 Å². The molecule has 3 rings (SSSR count). The van der Waals surface area contributed by atoms with E-state index in [0.717, 1.165) is 0 Å². The van der Waals surface area contributed by atoms with Crippen LogP contribution in [0.25, 0.3) is 11.4 Å². The normalized spacial score (nSPS) is 18.8. The molecule has 0 saturated carbocycles. The van der Waals surface area contributed by atoms with Crippen LogP contribution in [0.5, 0.6) is 0 Å². The van der Waals surface area contributed by atoms with Crippen molar-refractivity contribution in [1.82, 2.24) is 19.9 Å². The molecular formula is C16H18N4O4S. The lowest BCUT2D eigenvalue weighted by molar-refractivity contribution is 0.0706. The molecule has 2 aromatic rings. The van der Waals surface area contributed by atoms with Gasteiger partial charge in [0, 0.05) is 36.7 Å². The molecule has 3 heterocycles. The van der Waals surface area contributed by atoms with Crippen molar-refractivity contribution in [2.45, 2.75) is 19.4 Å². The third kappa shape index (κ3) is 3.60. The number of hydrogen-bond acceptors (Lipinski definition) is 6. The van der Waals surface area contributed by atoms with E-state index in [4.69, 9.17) is 0 Å². The predicted octanol–water partition coefficient (Wildman–Crippen LogP) is 0.481. The summed E-state index contributed by atoms with van der Waals surface area (Å²) in [6.07, 6.45) is 4.78. The van der Waals surface area contributed by atoms with E-state index in [1.165, 1.54) is 11.1 Å². The second-order valence-electron chi connectivity index (χ2n) is 5.86. The van der Waals surface area contributed by atoms with Crippen molar-refractivity contribution in [3.63, 3.8) is 0 Å². The van der Waals surface area contributed by atoms with Gasteiger partial charge in [0.25, 0.3) is 11.5 Å². The predicted molar refractivity (Wildman–Crippen MR) is 91.9 cm³/mol. The van der Waals surface area contributed by atoms with Gasteiger partial charge < -0.3 is 9.88 Å². The number of carbonyl (C=O) groups excluding carboxylic acids is 1. The van der Waals surface area contributed by atoms with Crippen molar-refractivity contribution in [3.8, 4) is 11.4 Å². The summed E-state index contributed by atoms with van der Waals surface area (Å²) >= 11 is 0. The number of rotatable bonds is 4. The summed E-state index contributed by atoms with van der Waals surface area (Å²) in [5, 5.41) is 0. The number of sulfone groups is 1. The summed E-state index contributed by atoms with van der Waals surface area (Å²) in [5.74, 6) is -0.181. The van der Waals surface area contributed by atoms with E-state index in [-0.39, 0.29) is 17.1 Å². The molecule has 1 fully saturated rings. The summed E-state index contributed by atoms with van der Waals surface area (Å²) in [4.78, 5) is 37.2. The fraction of sp³-hybridized carbons (Fsp3) is 0.375. The van der Waals surface area contributed by atoms with Crippen LogP contribution in [-0.4, -0.2) is 58.3 Å². The Balaban J connectivity index is 1.88. The molecule has 1 atom stereocenters. The largest absolute Gasteiger partial charge is 0.335 e. The monoisotopic (exact) mass is 362 g/mol. The summed E-state index contributed by atoms with van der Waals surface area (Å²) in [6, 6.07) is 3.06. The highest BCUT2D eigenvalue weighted by atomic mass is 32.2. The Morgan fingerprint density at radius 1 is 1.40 bits per heavy atom. The van der Waals surface area contributed by atoms with Crippen molar-refractivity contribution in [1.29, 1.82) is 0 Å². The van der Waals surface area contributed by atoms with Gasteiger partial charge in [0.05, 0.1) is 11.5 Å². The van der Waals surface area contributed by atoms with Crippen LogP contribution in [-0.2, 0) is 9.84 Å². The van der Waals surface area contributed by atoms with Crippen LogP contribution in [0.1, 0.15) is 23.7 Å². The Kier molecular flexibility index (Phi) is 4.67. The molecule has 9 heteroatoms. The van der Waals surface area contributed by atoms with Crippen molar-refractivity contribution in [2.75, 3.05) is 18.1 Å². The number of aromatic amines is 1. The van der Waals surface area contributed by atoms with E-state index in [0.29, 0.717) is 24.4 Å². The first kappa shape index (κ1) is 17.3. The number of amides is 1. The topological polar surface area (TPSA) is 113 Å². The number of aromatic nitrogens is 3. The molecular weight excluding hydrogens is 344 g/mol. The van der Waals surface area contributed by atoms with E-state index in [1.54, 1.807) is 31.5 Å². The van der Waals surface area contributed by atoms with Crippen LogP contribution in [0.4, 0.5) is 0 Å². The summed E-state index contributed by atoms with van der Waals surface area (Å²) in [5.41, 5.74) is -0.0234. The van der Waals surface area contributed by atoms with Crippen molar-refractivity contribution in [3.05, 3.63) is 46.6 Å². The molecule has 1 aliphatic rings. The van der Waals surface area contributed by atoms with Crippen LogP contribution < -0.4 is 5.56 Å². The number of nitrogens with zero attached hydrogens (tertiary/aromatic N) is 3. The van der Waals surface area contributed by atoms with Crippen molar-refractivity contribution in [2.24, 2.45) is 0 Å². The van der Waals surface area contributed by atoms with E-state index in [9.17, 15) is 18.0 Å². The molecule has 0 unspecified atom stereocenters. The molecule has 1 amide bonds. The summed E-state index contributed by atoms with van der Waals surface area (Å²) < 4.78 is 23.3. The Labute approximate surface area is 144 Å². The maximum Gasteiger partial charge on any atom is 0.264 e. The molecule has 132 valence electrons. The fourth-order valence-electron chi connectivity index (χ4n) is 2.94. The molecule has 1 aliphatic heterocycles. The van der Waals surface area contributed by atoms with E-state index in [1.807, 2.05) is 0 Å². The van der Waals surface area contributed by atoms with Gasteiger partial charge in [-0.15, -0.1) is 0 Å². The lowest BCUT2D eigenvalue weighted by Crippen LogP contribution is -2.43. The minimum absolute atomic E-state index is 0.0638. The second kappa shape index (κ2) is 6.75. The molecule has 1 N–H and O–H groups in total. The molecule has 2 aromatic heterocycles. The third-order valence-corrected chi connectivity index (χ3v) is 5.97. The first-order chi connectivity index (χ1) is 11.9. The van der Waals surface area contributed by atoms with Gasteiger partial charge in [0.15, 0.2) is 9.84 Å². The fourth-order valence-corrected chi connectivity index (χ4v) is 4.67. The minimum atomic E-state index is -3.12. The molecule has 8 nitrogen and oxygen atoms in total. The average Bonchev–Trinajstić information content (AvgIpc) is 2.95. The van der Waals surface area contributed by atoms with Gasteiger partial charge in [-0.05, 0) is 25.5 Å². The molecule has 1 saturated heterocycles. The Bertz CT molecular complexity index is 940. The van der Waals surface area contributed by atoms with Crippen LogP contribution in [0.3, 0.4) is 0 Å². The highest BCUT2D eigenvalue weighted by Crippen LogP contribution is 2.19.